The number of fused-ring (bicyclic) bond motifs is 1. The van der Waals surface area contributed by atoms with Gasteiger partial charge in [0.2, 0.25) is 5.91 Å². The van der Waals surface area contributed by atoms with E-state index in [2.05, 4.69) is 15.6 Å². The van der Waals surface area contributed by atoms with Crippen LogP contribution >= 0.6 is 11.8 Å². The van der Waals surface area contributed by atoms with E-state index >= 15 is 0 Å². The maximum absolute atomic E-state index is 12.5. The fourth-order valence-corrected chi connectivity index (χ4v) is 3.74. The van der Waals surface area contributed by atoms with E-state index in [1.807, 2.05) is 38.9 Å². The minimum Gasteiger partial charge on any atom is -0.355 e. The molecular weight excluding hydrogens is 338 g/mol. The third-order valence-electron chi connectivity index (χ3n) is 3.86. The number of hydrogen-bond donors (Lipinski definition) is 2. The van der Waals surface area contributed by atoms with Gasteiger partial charge in [-0.25, -0.2) is 9.78 Å². The SMILES string of the molecule is Cc1cc(C)c2c(n1)SCCN2C(=O)NCCC(=O)NCCN(C)C. The summed E-state index contributed by atoms with van der Waals surface area (Å²) in [5.74, 6) is 0.770. The first-order valence-corrected chi connectivity index (χ1v) is 9.45. The van der Waals surface area contributed by atoms with Crippen molar-refractivity contribution >= 4 is 29.4 Å². The van der Waals surface area contributed by atoms with Crippen molar-refractivity contribution in [3.05, 3.63) is 17.3 Å². The molecule has 0 bridgehead atoms. The highest BCUT2D eigenvalue weighted by molar-refractivity contribution is 7.99. The molecule has 7 nitrogen and oxygen atoms in total. The van der Waals surface area contributed by atoms with Crippen molar-refractivity contribution in [1.29, 1.82) is 0 Å². The number of nitrogens with one attached hydrogen (secondary N) is 2. The van der Waals surface area contributed by atoms with Crippen molar-refractivity contribution in [3.63, 3.8) is 0 Å². The molecule has 138 valence electrons. The Labute approximate surface area is 153 Å². The standard InChI is InChI=1S/C17H27N5O2S/c1-12-11-13(2)20-16-15(12)22(9-10-25-16)17(24)19-6-5-14(23)18-7-8-21(3)4/h11H,5-10H2,1-4H3,(H,18,23)(H,19,24). The molecule has 0 aliphatic carbocycles. The first kappa shape index (κ1) is 19.5. The van der Waals surface area contributed by atoms with Crippen LogP contribution in [0, 0.1) is 13.8 Å². The van der Waals surface area contributed by atoms with Gasteiger partial charge in [-0.05, 0) is 39.6 Å². The Morgan fingerprint density at radius 3 is 2.76 bits per heavy atom. The Hall–Kier alpha value is -1.80. The van der Waals surface area contributed by atoms with Crippen LogP contribution in [-0.4, -0.2) is 67.8 Å². The fraction of sp³-hybridized carbons (Fsp3) is 0.588. The average Bonchev–Trinajstić information content (AvgIpc) is 2.53. The van der Waals surface area contributed by atoms with Gasteiger partial charge in [-0.3, -0.25) is 9.69 Å². The molecule has 2 rings (SSSR count). The summed E-state index contributed by atoms with van der Waals surface area (Å²) >= 11 is 1.68. The van der Waals surface area contributed by atoms with Gasteiger partial charge in [0.25, 0.3) is 0 Å². The number of carbonyl (C=O) groups is 2. The molecule has 8 heteroatoms. The van der Waals surface area contributed by atoms with Crippen LogP contribution in [0.15, 0.2) is 11.1 Å². The van der Waals surface area contributed by atoms with Gasteiger partial charge >= 0.3 is 6.03 Å². The smallest absolute Gasteiger partial charge is 0.322 e. The zero-order valence-corrected chi connectivity index (χ0v) is 16.2. The first-order valence-electron chi connectivity index (χ1n) is 8.46. The number of likely N-dealkylation sites (N-methyl/N-ethyl adjacent to an activating group) is 1. The number of aromatic nitrogens is 1. The summed E-state index contributed by atoms with van der Waals surface area (Å²) in [6.45, 7) is 6.33. The van der Waals surface area contributed by atoms with Crippen molar-refractivity contribution < 1.29 is 9.59 Å². The molecule has 0 saturated heterocycles. The lowest BCUT2D eigenvalue weighted by atomic mass is 10.2. The molecule has 2 N–H and O–H groups in total. The van der Waals surface area contributed by atoms with E-state index < -0.39 is 0 Å². The van der Waals surface area contributed by atoms with Crippen molar-refractivity contribution in [1.82, 2.24) is 20.5 Å². The predicted octanol–water partition coefficient (Wildman–Crippen LogP) is 1.39. The van der Waals surface area contributed by atoms with E-state index in [9.17, 15) is 9.59 Å². The van der Waals surface area contributed by atoms with E-state index in [0.717, 1.165) is 34.3 Å². The van der Waals surface area contributed by atoms with Gasteiger partial charge in [0.15, 0.2) is 0 Å². The monoisotopic (exact) mass is 365 g/mol. The summed E-state index contributed by atoms with van der Waals surface area (Å²) in [6, 6.07) is 1.82. The van der Waals surface area contributed by atoms with Crippen LogP contribution in [0.4, 0.5) is 10.5 Å². The lowest BCUT2D eigenvalue weighted by Crippen LogP contribution is -2.44. The number of thioether (sulfide) groups is 1. The molecule has 1 aromatic rings. The lowest BCUT2D eigenvalue weighted by Gasteiger charge is -2.30. The molecule has 0 aromatic carbocycles. The van der Waals surface area contributed by atoms with Crippen LogP contribution in [0.25, 0.3) is 0 Å². The molecule has 3 amide bonds. The topological polar surface area (TPSA) is 77.6 Å². The lowest BCUT2D eigenvalue weighted by molar-refractivity contribution is -0.120. The zero-order valence-electron chi connectivity index (χ0n) is 15.4. The number of rotatable bonds is 6. The molecule has 0 radical (unpaired) electrons. The number of aryl methyl sites for hydroxylation is 2. The molecule has 1 aliphatic heterocycles. The van der Waals surface area contributed by atoms with Crippen molar-refractivity contribution in [2.75, 3.05) is 50.9 Å². The van der Waals surface area contributed by atoms with Gasteiger partial charge < -0.3 is 15.5 Å². The second kappa shape index (κ2) is 9.05. The number of nitrogens with zero attached hydrogens (tertiary/aromatic N) is 3. The van der Waals surface area contributed by atoms with E-state index in [0.29, 0.717) is 19.6 Å². The largest absolute Gasteiger partial charge is 0.355 e. The Morgan fingerprint density at radius 2 is 2.04 bits per heavy atom. The van der Waals surface area contributed by atoms with Crippen LogP contribution in [-0.2, 0) is 4.79 Å². The van der Waals surface area contributed by atoms with Gasteiger partial charge in [0.05, 0.1) is 5.69 Å². The maximum atomic E-state index is 12.5. The Kier molecular flexibility index (Phi) is 7.07. The summed E-state index contributed by atoms with van der Waals surface area (Å²) in [5, 5.41) is 6.59. The number of hydrogen-bond acceptors (Lipinski definition) is 5. The number of amides is 3. The third-order valence-corrected chi connectivity index (χ3v) is 4.80. The number of anilines is 1. The van der Waals surface area contributed by atoms with Crippen molar-refractivity contribution in [2.45, 2.75) is 25.3 Å². The van der Waals surface area contributed by atoms with Gasteiger partial charge in [-0.2, -0.15) is 0 Å². The molecular formula is C17H27N5O2S. The van der Waals surface area contributed by atoms with E-state index in [4.69, 9.17) is 0 Å². The maximum Gasteiger partial charge on any atom is 0.322 e. The van der Waals surface area contributed by atoms with Crippen LogP contribution in [0.3, 0.4) is 0 Å². The molecule has 0 spiro atoms. The minimum absolute atomic E-state index is 0.0507. The Balaban J connectivity index is 1.86. The van der Waals surface area contributed by atoms with Crippen LogP contribution < -0.4 is 15.5 Å². The van der Waals surface area contributed by atoms with Crippen LogP contribution in [0.5, 0.6) is 0 Å². The van der Waals surface area contributed by atoms with Crippen LogP contribution in [0.1, 0.15) is 17.7 Å². The number of carbonyl (C=O) groups excluding carboxylic acids is 2. The summed E-state index contributed by atoms with van der Waals surface area (Å²) in [6.07, 6.45) is 0.278. The molecule has 0 saturated carbocycles. The fourth-order valence-electron chi connectivity index (χ4n) is 2.66. The summed E-state index contributed by atoms with van der Waals surface area (Å²) < 4.78 is 0. The van der Waals surface area contributed by atoms with Crippen molar-refractivity contribution in [3.8, 4) is 0 Å². The first-order chi connectivity index (χ1) is 11.9. The summed E-state index contributed by atoms with van der Waals surface area (Å²) in [4.78, 5) is 32.6. The van der Waals surface area contributed by atoms with Gasteiger partial charge in [0, 0.05) is 44.0 Å². The van der Waals surface area contributed by atoms with Crippen molar-refractivity contribution in [2.24, 2.45) is 0 Å². The minimum atomic E-state index is -0.170. The summed E-state index contributed by atoms with van der Waals surface area (Å²) in [5.41, 5.74) is 2.89. The van der Waals surface area contributed by atoms with E-state index in [1.165, 1.54) is 0 Å². The summed E-state index contributed by atoms with van der Waals surface area (Å²) in [7, 11) is 3.92. The zero-order chi connectivity index (χ0) is 18.4. The number of pyridine rings is 1. The second-order valence-corrected chi connectivity index (χ2v) is 7.45. The average molecular weight is 366 g/mol. The van der Waals surface area contributed by atoms with E-state index in [1.54, 1.807) is 16.7 Å². The highest BCUT2D eigenvalue weighted by Gasteiger charge is 2.26. The van der Waals surface area contributed by atoms with Gasteiger partial charge in [-0.15, -0.1) is 11.8 Å². The Bertz CT molecular complexity index is 636. The molecule has 1 aromatic heterocycles. The highest BCUT2D eigenvalue weighted by Crippen LogP contribution is 2.36. The van der Waals surface area contributed by atoms with Gasteiger partial charge in [0.1, 0.15) is 5.03 Å². The van der Waals surface area contributed by atoms with Gasteiger partial charge in [-0.1, -0.05) is 0 Å². The quantitative estimate of drug-likeness (QED) is 0.797. The molecule has 0 atom stereocenters. The third kappa shape index (κ3) is 5.61. The molecule has 25 heavy (non-hydrogen) atoms. The highest BCUT2D eigenvalue weighted by atomic mass is 32.2. The second-order valence-electron chi connectivity index (χ2n) is 6.37. The predicted molar refractivity (Wildman–Crippen MR) is 101 cm³/mol. The number of urea groups is 1. The van der Waals surface area contributed by atoms with Crippen LogP contribution in [0.2, 0.25) is 0 Å². The Morgan fingerprint density at radius 1 is 1.28 bits per heavy atom. The normalized spacial score (nSPS) is 13.6. The molecule has 1 aliphatic rings. The molecule has 0 fully saturated rings. The molecule has 0 unspecified atom stereocenters. The molecule has 2 heterocycles. The van der Waals surface area contributed by atoms with E-state index in [-0.39, 0.29) is 18.4 Å².